The number of phenolic OH excluding ortho intramolecular Hbond substituents is 1. The first-order valence-corrected chi connectivity index (χ1v) is 7.15. The van der Waals surface area contributed by atoms with Crippen LogP contribution in [0.4, 0.5) is 5.69 Å². The molecule has 19 heavy (non-hydrogen) atoms. The first-order valence-electron chi connectivity index (χ1n) is 5.54. The molecular weight excluding hydrogens is 282 g/mol. The highest BCUT2D eigenvalue weighted by molar-refractivity contribution is 7.98. The van der Waals surface area contributed by atoms with Crippen LogP contribution in [0.1, 0.15) is 10.4 Å². The highest BCUT2D eigenvalue weighted by Crippen LogP contribution is 2.27. The van der Waals surface area contributed by atoms with Crippen molar-refractivity contribution in [2.75, 3.05) is 11.6 Å². The van der Waals surface area contributed by atoms with Crippen molar-refractivity contribution in [1.29, 1.82) is 0 Å². The van der Waals surface area contributed by atoms with Crippen LogP contribution in [0, 0.1) is 0 Å². The van der Waals surface area contributed by atoms with E-state index in [1.165, 1.54) is 23.9 Å². The van der Waals surface area contributed by atoms with Gasteiger partial charge in [0.2, 0.25) is 0 Å². The van der Waals surface area contributed by atoms with Gasteiger partial charge in [0.1, 0.15) is 5.75 Å². The van der Waals surface area contributed by atoms with Crippen molar-refractivity contribution in [1.82, 2.24) is 0 Å². The zero-order chi connectivity index (χ0) is 13.8. The first kappa shape index (κ1) is 13.8. The minimum absolute atomic E-state index is 0.0578. The topological polar surface area (TPSA) is 49.3 Å². The largest absolute Gasteiger partial charge is 0.506 e. The number of benzene rings is 2. The summed E-state index contributed by atoms with van der Waals surface area (Å²) in [5.74, 6) is -0.274. The number of hydrogen-bond donors (Lipinski definition) is 2. The molecule has 1 amide bonds. The molecule has 2 aromatic rings. The molecule has 0 unspecified atom stereocenters. The molecule has 0 heterocycles. The van der Waals surface area contributed by atoms with E-state index in [-0.39, 0.29) is 16.7 Å². The van der Waals surface area contributed by atoms with Gasteiger partial charge in [-0.1, -0.05) is 23.7 Å². The summed E-state index contributed by atoms with van der Waals surface area (Å²) < 4.78 is 0. The predicted molar refractivity (Wildman–Crippen MR) is 79.3 cm³/mol. The van der Waals surface area contributed by atoms with E-state index in [4.69, 9.17) is 11.6 Å². The number of phenols is 1. The van der Waals surface area contributed by atoms with Gasteiger partial charge in [0.25, 0.3) is 5.91 Å². The summed E-state index contributed by atoms with van der Waals surface area (Å²) in [5, 5.41) is 12.5. The van der Waals surface area contributed by atoms with Crippen LogP contribution in [0.5, 0.6) is 5.75 Å². The van der Waals surface area contributed by atoms with Crippen molar-refractivity contribution in [3.8, 4) is 5.75 Å². The number of thioether (sulfide) groups is 1. The number of anilines is 1. The molecule has 0 aliphatic carbocycles. The SMILES string of the molecule is CSc1ccccc1C(=O)Nc1ccc(Cl)c(O)c1. The molecule has 5 heteroatoms. The Balaban J connectivity index is 2.23. The van der Waals surface area contributed by atoms with Gasteiger partial charge in [0.05, 0.1) is 10.6 Å². The van der Waals surface area contributed by atoms with E-state index >= 15 is 0 Å². The molecular formula is C14H12ClNO2S. The molecule has 0 bridgehead atoms. The van der Waals surface area contributed by atoms with Gasteiger partial charge in [-0.05, 0) is 30.5 Å². The van der Waals surface area contributed by atoms with Crippen LogP contribution in [-0.2, 0) is 0 Å². The molecule has 0 aliphatic heterocycles. The number of rotatable bonds is 3. The van der Waals surface area contributed by atoms with Crippen LogP contribution in [0.2, 0.25) is 5.02 Å². The van der Waals surface area contributed by atoms with Gasteiger partial charge in [-0.25, -0.2) is 0 Å². The Morgan fingerprint density at radius 3 is 2.68 bits per heavy atom. The molecule has 0 aromatic heterocycles. The Bertz CT molecular complexity index is 616. The molecule has 2 aromatic carbocycles. The summed E-state index contributed by atoms with van der Waals surface area (Å²) >= 11 is 7.22. The number of halogens is 1. The number of carbonyl (C=O) groups is 1. The van der Waals surface area contributed by atoms with Crippen molar-refractivity contribution >= 4 is 35.0 Å². The van der Waals surface area contributed by atoms with E-state index in [0.29, 0.717) is 11.3 Å². The number of aromatic hydroxyl groups is 1. The Morgan fingerprint density at radius 2 is 2.00 bits per heavy atom. The smallest absolute Gasteiger partial charge is 0.256 e. The zero-order valence-corrected chi connectivity index (χ0v) is 11.8. The van der Waals surface area contributed by atoms with Gasteiger partial charge in [-0.3, -0.25) is 4.79 Å². The second-order valence-electron chi connectivity index (χ2n) is 3.82. The third-order valence-corrected chi connectivity index (χ3v) is 3.67. The normalized spacial score (nSPS) is 10.2. The highest BCUT2D eigenvalue weighted by Gasteiger charge is 2.11. The van der Waals surface area contributed by atoms with E-state index in [0.717, 1.165) is 4.90 Å². The van der Waals surface area contributed by atoms with Crippen molar-refractivity contribution in [2.24, 2.45) is 0 Å². The van der Waals surface area contributed by atoms with Gasteiger partial charge in [-0.2, -0.15) is 0 Å². The zero-order valence-electron chi connectivity index (χ0n) is 10.2. The fourth-order valence-corrected chi connectivity index (χ4v) is 2.33. The molecule has 0 aliphatic rings. The van der Waals surface area contributed by atoms with Crippen LogP contribution in [0.3, 0.4) is 0 Å². The second kappa shape index (κ2) is 5.99. The van der Waals surface area contributed by atoms with Crippen LogP contribution in [-0.4, -0.2) is 17.3 Å². The monoisotopic (exact) mass is 293 g/mol. The third kappa shape index (κ3) is 3.22. The molecule has 0 saturated heterocycles. The molecule has 0 saturated carbocycles. The summed E-state index contributed by atoms with van der Waals surface area (Å²) in [6.45, 7) is 0. The summed E-state index contributed by atoms with van der Waals surface area (Å²) in [6.07, 6.45) is 1.92. The Hall–Kier alpha value is -1.65. The highest BCUT2D eigenvalue weighted by atomic mass is 35.5. The average Bonchev–Trinajstić information content (AvgIpc) is 2.43. The molecule has 0 spiro atoms. The van der Waals surface area contributed by atoms with Gasteiger partial charge >= 0.3 is 0 Å². The number of amides is 1. The Labute approximate surface area is 120 Å². The third-order valence-electron chi connectivity index (χ3n) is 2.56. The van der Waals surface area contributed by atoms with Crippen LogP contribution < -0.4 is 5.32 Å². The van der Waals surface area contributed by atoms with Crippen LogP contribution in [0.25, 0.3) is 0 Å². The lowest BCUT2D eigenvalue weighted by Gasteiger charge is -2.09. The maximum Gasteiger partial charge on any atom is 0.256 e. The second-order valence-corrected chi connectivity index (χ2v) is 5.08. The van der Waals surface area contributed by atoms with Crippen molar-refractivity contribution < 1.29 is 9.90 Å². The van der Waals surface area contributed by atoms with Gasteiger partial charge < -0.3 is 10.4 Å². The molecule has 0 atom stereocenters. The molecule has 3 nitrogen and oxygen atoms in total. The van der Waals surface area contributed by atoms with E-state index in [2.05, 4.69) is 5.32 Å². The summed E-state index contributed by atoms with van der Waals surface area (Å²) in [5.41, 5.74) is 1.10. The van der Waals surface area contributed by atoms with Gasteiger partial charge in [0.15, 0.2) is 0 Å². The van der Waals surface area contributed by atoms with Crippen LogP contribution in [0.15, 0.2) is 47.4 Å². The number of hydrogen-bond acceptors (Lipinski definition) is 3. The van der Waals surface area contributed by atoms with Crippen molar-refractivity contribution in [3.63, 3.8) is 0 Å². The maximum absolute atomic E-state index is 12.2. The minimum atomic E-state index is -0.216. The number of carbonyl (C=O) groups excluding carboxylic acids is 1. The van der Waals surface area contributed by atoms with Crippen molar-refractivity contribution in [2.45, 2.75) is 4.90 Å². The lowest BCUT2D eigenvalue weighted by Crippen LogP contribution is -2.12. The van der Waals surface area contributed by atoms with Crippen LogP contribution >= 0.6 is 23.4 Å². The molecule has 2 rings (SSSR count). The number of nitrogens with one attached hydrogen (secondary N) is 1. The summed E-state index contributed by atoms with van der Waals surface area (Å²) in [6, 6.07) is 11.9. The molecule has 0 radical (unpaired) electrons. The average molecular weight is 294 g/mol. The maximum atomic E-state index is 12.2. The van der Waals surface area contributed by atoms with Gasteiger partial charge in [0, 0.05) is 16.6 Å². The fourth-order valence-electron chi connectivity index (χ4n) is 1.62. The molecule has 98 valence electrons. The Kier molecular flexibility index (Phi) is 4.35. The lowest BCUT2D eigenvalue weighted by molar-refractivity contribution is 0.102. The lowest BCUT2D eigenvalue weighted by atomic mass is 10.2. The fraction of sp³-hybridized carbons (Fsp3) is 0.0714. The first-order chi connectivity index (χ1) is 9.11. The summed E-state index contributed by atoms with van der Waals surface area (Å²) in [7, 11) is 0. The quantitative estimate of drug-likeness (QED) is 0.840. The van der Waals surface area contributed by atoms with E-state index < -0.39 is 0 Å². The molecule has 2 N–H and O–H groups in total. The van der Waals surface area contributed by atoms with Crippen molar-refractivity contribution in [3.05, 3.63) is 53.1 Å². The van der Waals surface area contributed by atoms with E-state index in [1.807, 2.05) is 24.5 Å². The van der Waals surface area contributed by atoms with Gasteiger partial charge in [-0.15, -0.1) is 11.8 Å². The molecule has 0 fully saturated rings. The minimum Gasteiger partial charge on any atom is -0.506 e. The standard InChI is InChI=1S/C14H12ClNO2S/c1-19-13-5-3-2-4-10(13)14(18)16-9-6-7-11(15)12(17)8-9/h2-8,17H,1H3,(H,16,18). The van der Waals surface area contributed by atoms with E-state index in [1.54, 1.807) is 12.1 Å². The Morgan fingerprint density at radius 1 is 1.26 bits per heavy atom. The van der Waals surface area contributed by atoms with E-state index in [9.17, 15) is 9.90 Å². The summed E-state index contributed by atoms with van der Waals surface area (Å²) in [4.78, 5) is 13.1. The predicted octanol–water partition coefficient (Wildman–Crippen LogP) is 4.02.